The SMILES string of the molecule is CC[C@H]1CCC2C(CCC3C2CC[C@@]2(C)C3CCC2[C@@H](C)CN(CC)N=N)C1. The molecule has 160 valence electrons. The van der Waals surface area contributed by atoms with Gasteiger partial charge in [0.2, 0.25) is 0 Å². The van der Waals surface area contributed by atoms with E-state index in [0.29, 0.717) is 11.3 Å². The van der Waals surface area contributed by atoms with Gasteiger partial charge in [-0.25, -0.2) is 0 Å². The zero-order valence-corrected chi connectivity index (χ0v) is 19.0. The van der Waals surface area contributed by atoms with Crippen LogP contribution >= 0.6 is 0 Å². The molecule has 4 rings (SSSR count). The molecular formula is C25H45N3. The van der Waals surface area contributed by atoms with Crippen molar-refractivity contribution >= 4 is 0 Å². The van der Waals surface area contributed by atoms with E-state index in [0.717, 1.165) is 54.5 Å². The molecule has 4 aliphatic carbocycles. The topological polar surface area (TPSA) is 39.5 Å². The van der Waals surface area contributed by atoms with E-state index in [1.807, 2.05) is 5.01 Å². The van der Waals surface area contributed by atoms with Gasteiger partial charge in [0.25, 0.3) is 0 Å². The Balaban J connectivity index is 1.46. The predicted octanol–water partition coefficient (Wildman–Crippen LogP) is 7.19. The van der Waals surface area contributed by atoms with Crippen LogP contribution in [0.2, 0.25) is 0 Å². The average molecular weight is 388 g/mol. The minimum absolute atomic E-state index is 0.551. The molecule has 0 radical (unpaired) electrons. The number of hydrogen-bond donors (Lipinski definition) is 1. The van der Waals surface area contributed by atoms with Crippen molar-refractivity contribution < 1.29 is 0 Å². The van der Waals surface area contributed by atoms with Crippen LogP contribution in [0.4, 0.5) is 0 Å². The summed E-state index contributed by atoms with van der Waals surface area (Å²) in [5.41, 5.74) is 7.99. The predicted molar refractivity (Wildman–Crippen MR) is 116 cm³/mol. The number of nitrogens with one attached hydrogen (secondary N) is 1. The number of fused-ring (bicyclic) bond motifs is 5. The lowest BCUT2D eigenvalue weighted by molar-refractivity contribution is -0.0752. The minimum atomic E-state index is 0.551. The van der Waals surface area contributed by atoms with Crippen molar-refractivity contribution in [2.75, 3.05) is 13.1 Å². The van der Waals surface area contributed by atoms with Gasteiger partial charge in [-0.05, 0) is 111 Å². The Hall–Kier alpha value is -0.600. The van der Waals surface area contributed by atoms with Crippen LogP contribution in [0.5, 0.6) is 0 Å². The lowest BCUT2D eigenvalue weighted by atomic mass is 9.48. The Labute approximate surface area is 173 Å². The van der Waals surface area contributed by atoms with Crippen LogP contribution in [0.3, 0.4) is 0 Å². The van der Waals surface area contributed by atoms with Crippen molar-refractivity contribution in [3.63, 3.8) is 0 Å². The lowest BCUT2D eigenvalue weighted by Crippen LogP contribution is -2.49. The monoisotopic (exact) mass is 387 g/mol. The van der Waals surface area contributed by atoms with Gasteiger partial charge in [0.1, 0.15) is 0 Å². The molecule has 3 nitrogen and oxygen atoms in total. The number of nitrogens with zero attached hydrogens (tertiary/aromatic N) is 2. The Morgan fingerprint density at radius 2 is 1.79 bits per heavy atom. The third kappa shape index (κ3) is 3.43. The molecule has 0 aromatic heterocycles. The van der Waals surface area contributed by atoms with Crippen LogP contribution in [0, 0.1) is 58.3 Å². The van der Waals surface area contributed by atoms with Crippen molar-refractivity contribution in [3.8, 4) is 0 Å². The molecule has 4 fully saturated rings. The van der Waals surface area contributed by atoms with Gasteiger partial charge in [-0.15, -0.1) is 0 Å². The van der Waals surface area contributed by atoms with Crippen molar-refractivity contribution in [2.24, 2.45) is 58.0 Å². The highest BCUT2D eigenvalue weighted by Gasteiger charge is 2.57. The molecule has 0 aromatic rings. The Bertz CT molecular complexity index is 548. The molecule has 0 aliphatic heterocycles. The summed E-state index contributed by atoms with van der Waals surface area (Å²) in [5.74, 6) is 7.73. The molecule has 1 N–H and O–H groups in total. The van der Waals surface area contributed by atoms with Gasteiger partial charge in [-0.3, -0.25) is 5.01 Å². The highest BCUT2D eigenvalue weighted by molar-refractivity contribution is 5.06. The molecule has 0 spiro atoms. The molecule has 0 bridgehead atoms. The third-order valence-corrected chi connectivity index (χ3v) is 10.4. The first kappa shape index (κ1) is 20.7. The van der Waals surface area contributed by atoms with Crippen molar-refractivity contribution in [1.29, 1.82) is 5.53 Å². The van der Waals surface area contributed by atoms with Crippen LogP contribution in [0.25, 0.3) is 0 Å². The maximum atomic E-state index is 7.44. The van der Waals surface area contributed by atoms with E-state index in [1.165, 1.54) is 51.4 Å². The minimum Gasteiger partial charge on any atom is -0.279 e. The highest BCUT2D eigenvalue weighted by atomic mass is 15.5. The first-order valence-electron chi connectivity index (χ1n) is 12.6. The standard InChI is InChI=1S/C25H45N3/c1-5-18-7-9-20-19(15-18)8-10-22-21(20)13-14-25(4)23(11-12-24(22)25)17(3)16-28(6-2)27-26/h17-24,26H,5-16H2,1-4H3/t17-,18-,19?,20?,21?,22?,23?,24?,25+/m0/s1. The number of hydrogen-bond acceptors (Lipinski definition) is 2. The summed E-state index contributed by atoms with van der Waals surface area (Å²) >= 11 is 0. The fourth-order valence-corrected chi connectivity index (χ4v) is 9.00. The van der Waals surface area contributed by atoms with Crippen molar-refractivity contribution in [3.05, 3.63) is 0 Å². The second kappa shape index (κ2) is 8.26. The first-order valence-corrected chi connectivity index (χ1v) is 12.6. The summed E-state index contributed by atoms with van der Waals surface area (Å²) in [4.78, 5) is 0. The summed E-state index contributed by atoms with van der Waals surface area (Å²) in [6, 6.07) is 0. The van der Waals surface area contributed by atoms with E-state index in [4.69, 9.17) is 5.53 Å². The van der Waals surface area contributed by atoms with Crippen molar-refractivity contribution in [1.82, 2.24) is 5.01 Å². The van der Waals surface area contributed by atoms with Gasteiger partial charge in [0, 0.05) is 13.1 Å². The molecule has 6 unspecified atom stereocenters. The molecule has 0 aromatic carbocycles. The van der Waals surface area contributed by atoms with E-state index in [-0.39, 0.29) is 0 Å². The molecular weight excluding hydrogens is 342 g/mol. The van der Waals surface area contributed by atoms with E-state index >= 15 is 0 Å². The molecule has 0 amide bonds. The molecule has 0 saturated heterocycles. The highest BCUT2D eigenvalue weighted by Crippen LogP contribution is 2.65. The lowest BCUT2D eigenvalue weighted by Gasteiger charge is -2.57. The Kier molecular flexibility index (Phi) is 6.10. The fraction of sp³-hybridized carbons (Fsp3) is 1.00. The van der Waals surface area contributed by atoms with Crippen LogP contribution in [-0.4, -0.2) is 18.1 Å². The molecule has 3 heteroatoms. The molecule has 28 heavy (non-hydrogen) atoms. The zero-order chi connectivity index (χ0) is 19.9. The largest absolute Gasteiger partial charge is 0.279 e. The van der Waals surface area contributed by atoms with Gasteiger partial charge < -0.3 is 0 Å². The van der Waals surface area contributed by atoms with E-state index in [2.05, 4.69) is 32.9 Å². The first-order chi connectivity index (χ1) is 13.5. The molecule has 0 heterocycles. The van der Waals surface area contributed by atoms with Crippen LogP contribution in [-0.2, 0) is 0 Å². The molecule has 4 saturated carbocycles. The Morgan fingerprint density at radius 3 is 2.50 bits per heavy atom. The average Bonchev–Trinajstić information content (AvgIpc) is 3.08. The van der Waals surface area contributed by atoms with Crippen LogP contribution in [0.1, 0.15) is 91.9 Å². The maximum absolute atomic E-state index is 7.44. The van der Waals surface area contributed by atoms with Gasteiger partial charge in [0.05, 0.1) is 0 Å². The Morgan fingerprint density at radius 1 is 1.00 bits per heavy atom. The normalized spacial score (nSPS) is 46.2. The van der Waals surface area contributed by atoms with Gasteiger partial charge in [0.15, 0.2) is 0 Å². The van der Waals surface area contributed by atoms with Gasteiger partial charge in [-0.1, -0.05) is 38.8 Å². The van der Waals surface area contributed by atoms with E-state index in [1.54, 1.807) is 12.8 Å². The van der Waals surface area contributed by atoms with E-state index < -0.39 is 0 Å². The van der Waals surface area contributed by atoms with Crippen LogP contribution < -0.4 is 0 Å². The van der Waals surface area contributed by atoms with Gasteiger partial charge >= 0.3 is 0 Å². The molecule has 4 aliphatic rings. The summed E-state index contributed by atoms with van der Waals surface area (Å²) < 4.78 is 0. The zero-order valence-electron chi connectivity index (χ0n) is 19.0. The summed E-state index contributed by atoms with van der Waals surface area (Å²) in [7, 11) is 0. The second-order valence-electron chi connectivity index (χ2n) is 11.3. The van der Waals surface area contributed by atoms with Crippen LogP contribution in [0.15, 0.2) is 5.22 Å². The smallest absolute Gasteiger partial charge is 0.0405 e. The van der Waals surface area contributed by atoms with Crippen molar-refractivity contribution in [2.45, 2.75) is 91.9 Å². The molecule has 9 atom stereocenters. The second-order valence-corrected chi connectivity index (χ2v) is 11.3. The quantitative estimate of drug-likeness (QED) is 0.380. The van der Waals surface area contributed by atoms with E-state index in [9.17, 15) is 0 Å². The third-order valence-electron chi connectivity index (χ3n) is 10.4. The maximum Gasteiger partial charge on any atom is 0.0405 e. The number of rotatable bonds is 6. The summed E-state index contributed by atoms with van der Waals surface area (Å²) in [6.07, 6.45) is 15.0. The fourth-order valence-electron chi connectivity index (χ4n) is 9.00. The summed E-state index contributed by atoms with van der Waals surface area (Å²) in [5, 5.41) is 5.71. The summed E-state index contributed by atoms with van der Waals surface area (Å²) in [6.45, 7) is 11.5. The van der Waals surface area contributed by atoms with Gasteiger partial charge in [-0.2, -0.15) is 5.53 Å².